The SMILES string of the molecule is Cc1ccc(C(CN)CC2(C)COC2)c(C)c1. The molecule has 2 N–H and O–H groups in total. The predicted molar refractivity (Wildman–Crippen MR) is 71.3 cm³/mol. The van der Waals surface area contributed by atoms with Crippen LogP contribution < -0.4 is 5.73 Å². The Bertz CT molecular complexity index is 396. The molecule has 2 nitrogen and oxygen atoms in total. The maximum atomic E-state index is 5.96. The Hall–Kier alpha value is -0.860. The maximum Gasteiger partial charge on any atom is 0.0542 e. The molecule has 0 bridgehead atoms. The van der Waals surface area contributed by atoms with Crippen molar-refractivity contribution >= 4 is 0 Å². The molecule has 1 heterocycles. The summed E-state index contributed by atoms with van der Waals surface area (Å²) in [6.45, 7) is 9.10. The summed E-state index contributed by atoms with van der Waals surface area (Å²) in [5, 5.41) is 0. The van der Waals surface area contributed by atoms with Gasteiger partial charge >= 0.3 is 0 Å². The van der Waals surface area contributed by atoms with Crippen LogP contribution in [0.5, 0.6) is 0 Å². The third kappa shape index (κ3) is 2.70. The number of hydrogen-bond donors (Lipinski definition) is 1. The Morgan fingerprint density at radius 2 is 2.06 bits per heavy atom. The van der Waals surface area contributed by atoms with Crippen molar-refractivity contribution < 1.29 is 4.74 Å². The fourth-order valence-electron chi connectivity index (χ4n) is 2.77. The molecule has 0 aliphatic carbocycles. The lowest BCUT2D eigenvalue weighted by atomic mass is 9.76. The van der Waals surface area contributed by atoms with Crippen molar-refractivity contribution in [2.75, 3.05) is 19.8 Å². The van der Waals surface area contributed by atoms with E-state index in [1.165, 1.54) is 16.7 Å². The van der Waals surface area contributed by atoms with Gasteiger partial charge in [0.15, 0.2) is 0 Å². The average Bonchev–Trinajstić information content (AvgIpc) is 2.24. The smallest absolute Gasteiger partial charge is 0.0542 e. The van der Waals surface area contributed by atoms with Crippen LogP contribution in [0.4, 0.5) is 0 Å². The Labute approximate surface area is 104 Å². The van der Waals surface area contributed by atoms with Crippen molar-refractivity contribution in [2.45, 2.75) is 33.1 Å². The van der Waals surface area contributed by atoms with E-state index in [4.69, 9.17) is 10.5 Å². The van der Waals surface area contributed by atoms with Crippen LogP contribution in [-0.4, -0.2) is 19.8 Å². The summed E-state index contributed by atoms with van der Waals surface area (Å²) < 4.78 is 5.33. The zero-order valence-electron chi connectivity index (χ0n) is 11.1. The Morgan fingerprint density at radius 3 is 2.53 bits per heavy atom. The highest BCUT2D eigenvalue weighted by molar-refractivity contribution is 5.33. The van der Waals surface area contributed by atoms with Gasteiger partial charge in [-0.2, -0.15) is 0 Å². The molecular formula is C15H23NO. The molecule has 2 rings (SSSR count). The Balaban J connectivity index is 2.16. The zero-order chi connectivity index (χ0) is 12.5. The van der Waals surface area contributed by atoms with E-state index in [-0.39, 0.29) is 0 Å². The van der Waals surface area contributed by atoms with Gasteiger partial charge in [0.2, 0.25) is 0 Å². The number of nitrogens with two attached hydrogens (primary N) is 1. The lowest BCUT2D eigenvalue weighted by Crippen LogP contribution is -2.41. The third-order valence-corrected chi connectivity index (χ3v) is 3.79. The van der Waals surface area contributed by atoms with Crippen LogP contribution in [0.3, 0.4) is 0 Å². The van der Waals surface area contributed by atoms with E-state index in [1.54, 1.807) is 0 Å². The minimum absolute atomic E-state index is 0.335. The van der Waals surface area contributed by atoms with Crippen molar-refractivity contribution in [3.63, 3.8) is 0 Å². The van der Waals surface area contributed by atoms with Crippen molar-refractivity contribution in [1.82, 2.24) is 0 Å². The van der Waals surface area contributed by atoms with Crippen LogP contribution in [0, 0.1) is 19.3 Å². The molecule has 1 aliphatic heterocycles. The molecule has 0 spiro atoms. The fourth-order valence-corrected chi connectivity index (χ4v) is 2.77. The molecule has 1 saturated heterocycles. The second-order valence-corrected chi connectivity index (χ2v) is 5.80. The molecule has 94 valence electrons. The van der Waals surface area contributed by atoms with E-state index < -0.39 is 0 Å². The van der Waals surface area contributed by atoms with E-state index in [0.29, 0.717) is 11.3 Å². The lowest BCUT2D eigenvalue weighted by molar-refractivity contribution is -0.108. The number of benzene rings is 1. The molecular weight excluding hydrogens is 210 g/mol. The fraction of sp³-hybridized carbons (Fsp3) is 0.600. The van der Waals surface area contributed by atoms with Gasteiger partial charge in [-0.1, -0.05) is 30.7 Å². The van der Waals surface area contributed by atoms with E-state index in [0.717, 1.165) is 26.2 Å². The van der Waals surface area contributed by atoms with Crippen LogP contribution in [-0.2, 0) is 4.74 Å². The van der Waals surface area contributed by atoms with Gasteiger partial charge in [-0.25, -0.2) is 0 Å². The second kappa shape index (κ2) is 4.79. The van der Waals surface area contributed by atoms with Gasteiger partial charge in [0.05, 0.1) is 13.2 Å². The first-order chi connectivity index (χ1) is 8.04. The van der Waals surface area contributed by atoms with Gasteiger partial charge in [0.25, 0.3) is 0 Å². The van der Waals surface area contributed by atoms with E-state index in [9.17, 15) is 0 Å². The molecule has 0 aromatic heterocycles. The first kappa shape index (κ1) is 12.6. The maximum absolute atomic E-state index is 5.96. The highest BCUT2D eigenvalue weighted by Gasteiger charge is 2.35. The quantitative estimate of drug-likeness (QED) is 0.868. The molecule has 1 atom stereocenters. The summed E-state index contributed by atoms with van der Waals surface area (Å²) in [5.41, 5.74) is 10.4. The summed E-state index contributed by atoms with van der Waals surface area (Å²) in [6.07, 6.45) is 1.13. The molecule has 1 aliphatic rings. The van der Waals surface area contributed by atoms with Gasteiger partial charge in [0.1, 0.15) is 0 Å². The topological polar surface area (TPSA) is 35.2 Å². The van der Waals surface area contributed by atoms with Crippen LogP contribution in [0.2, 0.25) is 0 Å². The van der Waals surface area contributed by atoms with Crippen LogP contribution in [0.25, 0.3) is 0 Å². The Morgan fingerprint density at radius 1 is 1.35 bits per heavy atom. The summed E-state index contributed by atoms with van der Waals surface area (Å²) in [7, 11) is 0. The highest BCUT2D eigenvalue weighted by atomic mass is 16.5. The number of rotatable bonds is 4. The molecule has 2 heteroatoms. The molecule has 1 aromatic carbocycles. The molecule has 1 aromatic rings. The standard InChI is InChI=1S/C15H23NO/c1-11-4-5-14(12(2)6-11)13(8-16)7-15(3)9-17-10-15/h4-6,13H,7-10,16H2,1-3H3. The number of aryl methyl sites for hydroxylation is 2. The van der Waals surface area contributed by atoms with Gasteiger partial charge in [-0.3, -0.25) is 0 Å². The summed E-state index contributed by atoms with van der Waals surface area (Å²) in [5.74, 6) is 0.462. The third-order valence-electron chi connectivity index (χ3n) is 3.79. The lowest BCUT2D eigenvalue weighted by Gasteiger charge is -2.40. The summed E-state index contributed by atoms with van der Waals surface area (Å²) >= 11 is 0. The molecule has 0 saturated carbocycles. The molecule has 1 fully saturated rings. The van der Waals surface area contributed by atoms with Gasteiger partial charge < -0.3 is 10.5 Å². The largest absolute Gasteiger partial charge is 0.380 e. The van der Waals surface area contributed by atoms with E-state index in [1.807, 2.05) is 0 Å². The van der Waals surface area contributed by atoms with Crippen molar-refractivity contribution in [2.24, 2.45) is 11.1 Å². The van der Waals surface area contributed by atoms with E-state index >= 15 is 0 Å². The minimum atomic E-state index is 0.335. The first-order valence-electron chi connectivity index (χ1n) is 6.39. The van der Waals surface area contributed by atoms with Crippen molar-refractivity contribution in [3.8, 4) is 0 Å². The summed E-state index contributed by atoms with van der Waals surface area (Å²) in [4.78, 5) is 0. The monoisotopic (exact) mass is 233 g/mol. The Kier molecular flexibility index (Phi) is 3.55. The molecule has 0 radical (unpaired) electrons. The predicted octanol–water partition coefficient (Wildman–Crippen LogP) is 2.77. The normalized spacial score (nSPS) is 19.8. The van der Waals surface area contributed by atoms with E-state index in [2.05, 4.69) is 39.0 Å². The minimum Gasteiger partial charge on any atom is -0.380 e. The molecule has 0 amide bonds. The van der Waals surface area contributed by atoms with Gasteiger partial charge in [0, 0.05) is 5.41 Å². The highest BCUT2D eigenvalue weighted by Crippen LogP contribution is 2.38. The first-order valence-corrected chi connectivity index (χ1v) is 6.39. The van der Waals surface area contributed by atoms with Crippen molar-refractivity contribution in [1.29, 1.82) is 0 Å². The van der Waals surface area contributed by atoms with Crippen LogP contribution in [0.1, 0.15) is 36.0 Å². The van der Waals surface area contributed by atoms with Gasteiger partial charge in [-0.15, -0.1) is 0 Å². The average molecular weight is 233 g/mol. The van der Waals surface area contributed by atoms with Crippen molar-refractivity contribution in [3.05, 3.63) is 34.9 Å². The van der Waals surface area contributed by atoms with Gasteiger partial charge in [-0.05, 0) is 43.9 Å². The number of ether oxygens (including phenoxy) is 1. The molecule has 1 unspecified atom stereocenters. The molecule has 17 heavy (non-hydrogen) atoms. The second-order valence-electron chi connectivity index (χ2n) is 5.80. The summed E-state index contributed by atoms with van der Waals surface area (Å²) in [6, 6.07) is 6.67. The van der Waals surface area contributed by atoms with Crippen LogP contribution in [0.15, 0.2) is 18.2 Å². The van der Waals surface area contributed by atoms with Crippen LogP contribution >= 0.6 is 0 Å². The zero-order valence-corrected chi connectivity index (χ0v) is 11.1. The number of hydrogen-bond acceptors (Lipinski definition) is 2.